The van der Waals surface area contributed by atoms with Crippen molar-refractivity contribution in [2.45, 2.75) is 26.3 Å². The highest BCUT2D eigenvalue weighted by molar-refractivity contribution is 5.78. The molecule has 1 aliphatic rings. The van der Waals surface area contributed by atoms with E-state index in [0.717, 1.165) is 12.8 Å². The number of aromatic nitrogens is 2. The van der Waals surface area contributed by atoms with E-state index >= 15 is 0 Å². The number of hydrogen-bond acceptors (Lipinski definition) is 4. The van der Waals surface area contributed by atoms with Crippen molar-refractivity contribution in [3.05, 3.63) is 36.0 Å². The van der Waals surface area contributed by atoms with Crippen LogP contribution in [0.1, 0.15) is 25.7 Å². The van der Waals surface area contributed by atoms with E-state index in [9.17, 15) is 9.18 Å². The number of carbonyl (C=O) groups is 1. The van der Waals surface area contributed by atoms with Gasteiger partial charge in [-0.3, -0.25) is 4.79 Å². The second-order valence-electron chi connectivity index (χ2n) is 5.36. The molecule has 1 aromatic heterocycles. The Morgan fingerprint density at radius 3 is 2.81 bits per heavy atom. The maximum Gasteiger partial charge on any atom is 0.246 e. The lowest BCUT2D eigenvalue weighted by atomic mass is 10.1. The summed E-state index contributed by atoms with van der Waals surface area (Å²) >= 11 is 0. The molecular weight excluding hydrogens is 273 g/mol. The highest BCUT2D eigenvalue weighted by Gasteiger charge is 2.32. The van der Waals surface area contributed by atoms with E-state index in [-0.39, 0.29) is 24.2 Å². The van der Waals surface area contributed by atoms with Crippen LogP contribution in [0.25, 0.3) is 11.4 Å². The summed E-state index contributed by atoms with van der Waals surface area (Å²) < 4.78 is 17.9. The van der Waals surface area contributed by atoms with Crippen molar-refractivity contribution in [1.29, 1.82) is 0 Å². The third-order valence-electron chi connectivity index (χ3n) is 3.73. The van der Waals surface area contributed by atoms with Gasteiger partial charge in [-0.25, -0.2) is 4.39 Å². The molecule has 1 amide bonds. The highest BCUT2D eigenvalue weighted by atomic mass is 19.1. The van der Waals surface area contributed by atoms with Crippen molar-refractivity contribution in [1.82, 2.24) is 15.5 Å². The van der Waals surface area contributed by atoms with Gasteiger partial charge in [-0.1, -0.05) is 12.1 Å². The van der Waals surface area contributed by atoms with Gasteiger partial charge in [0.15, 0.2) is 0 Å². The average Bonchev–Trinajstić information content (AvgIpc) is 3.23. The van der Waals surface area contributed by atoms with Crippen molar-refractivity contribution < 1.29 is 13.7 Å². The zero-order valence-corrected chi connectivity index (χ0v) is 11.7. The molecule has 1 heterocycles. The molecule has 1 aliphatic carbocycles. The van der Waals surface area contributed by atoms with Gasteiger partial charge < -0.3 is 9.84 Å². The standard InChI is InChI=1S/C15H16FN3O2/c1-9(10-2-3-10)15(20)17-8-13-18-14(19-21-13)11-4-6-12(16)7-5-11/h4-7,9-10H,2-3,8H2,1H3,(H,17,20). The third kappa shape index (κ3) is 3.26. The van der Waals surface area contributed by atoms with Gasteiger partial charge in [-0.15, -0.1) is 0 Å². The minimum Gasteiger partial charge on any atom is -0.347 e. The molecule has 6 heteroatoms. The molecule has 1 unspecified atom stereocenters. The predicted molar refractivity (Wildman–Crippen MR) is 73.4 cm³/mol. The Morgan fingerprint density at radius 1 is 1.43 bits per heavy atom. The van der Waals surface area contributed by atoms with E-state index in [2.05, 4.69) is 15.5 Å². The van der Waals surface area contributed by atoms with Gasteiger partial charge in [0, 0.05) is 11.5 Å². The van der Waals surface area contributed by atoms with Crippen molar-refractivity contribution in [2.24, 2.45) is 11.8 Å². The molecular formula is C15H16FN3O2. The van der Waals surface area contributed by atoms with Crippen LogP contribution in [0.5, 0.6) is 0 Å². The second-order valence-corrected chi connectivity index (χ2v) is 5.36. The first-order valence-electron chi connectivity index (χ1n) is 6.99. The predicted octanol–water partition coefficient (Wildman–Crippen LogP) is 2.54. The number of nitrogens with zero attached hydrogens (tertiary/aromatic N) is 2. The molecule has 1 N–H and O–H groups in total. The Morgan fingerprint density at radius 2 is 2.14 bits per heavy atom. The summed E-state index contributed by atoms with van der Waals surface area (Å²) in [4.78, 5) is 16.1. The van der Waals surface area contributed by atoms with Gasteiger partial charge >= 0.3 is 0 Å². The average molecular weight is 289 g/mol. The van der Waals surface area contributed by atoms with Crippen LogP contribution < -0.4 is 5.32 Å². The topological polar surface area (TPSA) is 68.0 Å². The SMILES string of the molecule is CC(C(=O)NCc1nc(-c2ccc(F)cc2)no1)C1CC1. The number of halogens is 1. The first-order chi connectivity index (χ1) is 10.1. The van der Waals surface area contributed by atoms with Gasteiger partial charge in [-0.2, -0.15) is 4.98 Å². The van der Waals surface area contributed by atoms with Crippen LogP contribution >= 0.6 is 0 Å². The molecule has 0 spiro atoms. The normalized spacial score (nSPS) is 15.7. The van der Waals surface area contributed by atoms with E-state index in [4.69, 9.17) is 4.52 Å². The quantitative estimate of drug-likeness (QED) is 0.918. The summed E-state index contributed by atoms with van der Waals surface area (Å²) in [7, 11) is 0. The van der Waals surface area contributed by atoms with E-state index in [1.54, 1.807) is 12.1 Å². The molecule has 1 fully saturated rings. The molecule has 0 radical (unpaired) electrons. The molecule has 1 saturated carbocycles. The number of amides is 1. The number of rotatable bonds is 5. The second kappa shape index (κ2) is 5.63. The van der Waals surface area contributed by atoms with Gasteiger partial charge in [-0.05, 0) is 43.0 Å². The maximum absolute atomic E-state index is 12.9. The monoisotopic (exact) mass is 289 g/mol. The lowest BCUT2D eigenvalue weighted by Gasteiger charge is -2.08. The summed E-state index contributed by atoms with van der Waals surface area (Å²) in [6.07, 6.45) is 2.26. The Bertz CT molecular complexity index is 635. The number of carbonyl (C=O) groups excluding carboxylic acids is 1. The zero-order valence-electron chi connectivity index (χ0n) is 11.7. The van der Waals surface area contributed by atoms with E-state index in [0.29, 0.717) is 23.2 Å². The van der Waals surface area contributed by atoms with E-state index in [1.165, 1.54) is 12.1 Å². The van der Waals surface area contributed by atoms with Crippen LogP contribution in [-0.2, 0) is 11.3 Å². The first kappa shape index (κ1) is 13.7. The van der Waals surface area contributed by atoms with Crippen molar-refractivity contribution in [3.63, 3.8) is 0 Å². The zero-order chi connectivity index (χ0) is 14.8. The van der Waals surface area contributed by atoms with E-state index in [1.807, 2.05) is 6.92 Å². The maximum atomic E-state index is 12.9. The molecule has 21 heavy (non-hydrogen) atoms. The number of hydrogen-bond donors (Lipinski definition) is 1. The van der Waals surface area contributed by atoms with Crippen molar-refractivity contribution >= 4 is 5.91 Å². The van der Waals surface area contributed by atoms with Crippen molar-refractivity contribution in [3.8, 4) is 11.4 Å². The molecule has 1 atom stereocenters. The summed E-state index contributed by atoms with van der Waals surface area (Å²) in [5.74, 6) is 0.968. The largest absolute Gasteiger partial charge is 0.347 e. The van der Waals surface area contributed by atoms with Crippen molar-refractivity contribution in [2.75, 3.05) is 0 Å². The van der Waals surface area contributed by atoms with Gasteiger partial charge in [0.25, 0.3) is 0 Å². The molecule has 3 rings (SSSR count). The fourth-order valence-corrected chi connectivity index (χ4v) is 2.18. The number of nitrogens with one attached hydrogen (secondary N) is 1. The minimum absolute atomic E-state index is 0.0130. The molecule has 1 aromatic carbocycles. The Balaban J connectivity index is 1.60. The molecule has 2 aromatic rings. The summed E-state index contributed by atoms with van der Waals surface area (Å²) in [5, 5.41) is 6.63. The van der Waals surface area contributed by atoms with Crippen LogP contribution in [0.3, 0.4) is 0 Å². The fourth-order valence-electron chi connectivity index (χ4n) is 2.18. The Labute approximate surface area is 121 Å². The lowest BCUT2D eigenvalue weighted by Crippen LogP contribution is -2.29. The highest BCUT2D eigenvalue weighted by Crippen LogP contribution is 2.36. The fraction of sp³-hybridized carbons (Fsp3) is 0.400. The van der Waals surface area contributed by atoms with Gasteiger partial charge in [0.2, 0.25) is 17.6 Å². The van der Waals surface area contributed by atoms with E-state index < -0.39 is 0 Å². The van der Waals surface area contributed by atoms with Crippen LogP contribution in [0, 0.1) is 17.7 Å². The molecule has 0 bridgehead atoms. The minimum atomic E-state index is -0.316. The molecule has 110 valence electrons. The van der Waals surface area contributed by atoms with Crippen LogP contribution in [-0.4, -0.2) is 16.0 Å². The lowest BCUT2D eigenvalue weighted by molar-refractivity contribution is -0.125. The molecule has 5 nitrogen and oxygen atoms in total. The summed E-state index contributed by atoms with van der Waals surface area (Å²) in [6.45, 7) is 2.15. The van der Waals surface area contributed by atoms with Crippen LogP contribution in [0.15, 0.2) is 28.8 Å². The van der Waals surface area contributed by atoms with Crippen LogP contribution in [0.2, 0.25) is 0 Å². The Kier molecular flexibility index (Phi) is 3.68. The first-order valence-corrected chi connectivity index (χ1v) is 6.99. The Hall–Kier alpha value is -2.24. The third-order valence-corrected chi connectivity index (χ3v) is 3.73. The summed E-state index contributed by atoms with van der Waals surface area (Å²) in [5.41, 5.74) is 0.670. The van der Waals surface area contributed by atoms with Gasteiger partial charge in [0.1, 0.15) is 5.82 Å². The number of benzene rings is 1. The molecule has 0 saturated heterocycles. The van der Waals surface area contributed by atoms with Crippen LogP contribution in [0.4, 0.5) is 4.39 Å². The summed E-state index contributed by atoms with van der Waals surface area (Å²) in [6, 6.07) is 5.84. The molecule has 0 aliphatic heterocycles. The smallest absolute Gasteiger partial charge is 0.246 e. The van der Waals surface area contributed by atoms with Gasteiger partial charge in [0.05, 0.1) is 6.54 Å².